The summed E-state index contributed by atoms with van der Waals surface area (Å²) >= 11 is 0. The van der Waals surface area contributed by atoms with Crippen LogP contribution in [0.25, 0.3) is 6.08 Å². The number of carbonyl (C=O) groups excluding carboxylic acids is 1. The van der Waals surface area contributed by atoms with Crippen LogP contribution in [0.3, 0.4) is 0 Å². The van der Waals surface area contributed by atoms with E-state index in [1.807, 2.05) is 6.07 Å². The first-order chi connectivity index (χ1) is 12.2. The zero-order valence-electron chi connectivity index (χ0n) is 15.1. The molecule has 1 amide bonds. The van der Waals surface area contributed by atoms with Gasteiger partial charge in [-0.3, -0.25) is 9.79 Å². The maximum atomic E-state index is 11.8. The van der Waals surface area contributed by atoms with E-state index in [0.717, 1.165) is 31.9 Å². The Balaban J connectivity index is 1.78. The monoisotopic (exact) mass is 344 g/mol. The SMILES string of the molecule is CN=C(NCC(=O)NCCOC)N1CCC(=Cc2ccccc2)CC1. The molecule has 0 saturated carbocycles. The molecule has 136 valence electrons. The van der Waals surface area contributed by atoms with Crippen molar-refractivity contribution in [2.24, 2.45) is 4.99 Å². The minimum Gasteiger partial charge on any atom is -0.383 e. The van der Waals surface area contributed by atoms with E-state index in [0.29, 0.717) is 13.2 Å². The van der Waals surface area contributed by atoms with Gasteiger partial charge in [-0.25, -0.2) is 0 Å². The molecule has 6 nitrogen and oxygen atoms in total. The highest BCUT2D eigenvalue weighted by Gasteiger charge is 2.17. The Bertz CT molecular complexity index is 589. The molecule has 0 unspecified atom stereocenters. The Hall–Kier alpha value is -2.34. The van der Waals surface area contributed by atoms with Crippen LogP contribution >= 0.6 is 0 Å². The van der Waals surface area contributed by atoms with Crippen LogP contribution in [0.5, 0.6) is 0 Å². The second kappa shape index (κ2) is 10.5. The number of piperidine rings is 1. The number of ether oxygens (including phenoxy) is 1. The molecular weight excluding hydrogens is 316 g/mol. The topological polar surface area (TPSA) is 66.0 Å². The van der Waals surface area contributed by atoms with E-state index in [2.05, 4.69) is 50.9 Å². The van der Waals surface area contributed by atoms with Gasteiger partial charge >= 0.3 is 0 Å². The van der Waals surface area contributed by atoms with Gasteiger partial charge in [0.1, 0.15) is 0 Å². The van der Waals surface area contributed by atoms with E-state index in [1.54, 1.807) is 14.2 Å². The van der Waals surface area contributed by atoms with Crippen LogP contribution in [0.4, 0.5) is 0 Å². The molecule has 25 heavy (non-hydrogen) atoms. The number of nitrogens with one attached hydrogen (secondary N) is 2. The minimum atomic E-state index is -0.0557. The lowest BCUT2D eigenvalue weighted by Crippen LogP contribution is -2.47. The summed E-state index contributed by atoms with van der Waals surface area (Å²) in [6.45, 7) is 3.07. The highest BCUT2D eigenvalue weighted by atomic mass is 16.5. The number of nitrogens with zero attached hydrogens (tertiary/aromatic N) is 2. The van der Waals surface area contributed by atoms with Crippen molar-refractivity contribution in [2.75, 3.05) is 46.9 Å². The van der Waals surface area contributed by atoms with Crippen molar-refractivity contribution in [1.82, 2.24) is 15.5 Å². The molecule has 1 heterocycles. The van der Waals surface area contributed by atoms with Gasteiger partial charge in [0, 0.05) is 33.8 Å². The number of carbonyl (C=O) groups is 1. The molecule has 1 aliphatic heterocycles. The lowest BCUT2D eigenvalue weighted by atomic mass is 10.0. The third-order valence-corrected chi connectivity index (χ3v) is 4.12. The number of methoxy groups -OCH3 is 1. The van der Waals surface area contributed by atoms with Crippen LogP contribution in [-0.2, 0) is 9.53 Å². The third-order valence-electron chi connectivity index (χ3n) is 4.12. The molecule has 0 aromatic heterocycles. The van der Waals surface area contributed by atoms with E-state index >= 15 is 0 Å². The van der Waals surface area contributed by atoms with Crippen molar-refractivity contribution in [3.63, 3.8) is 0 Å². The zero-order chi connectivity index (χ0) is 17.9. The maximum Gasteiger partial charge on any atom is 0.239 e. The number of likely N-dealkylation sites (tertiary alicyclic amines) is 1. The summed E-state index contributed by atoms with van der Waals surface area (Å²) in [5, 5.41) is 5.93. The average molecular weight is 344 g/mol. The summed E-state index contributed by atoms with van der Waals surface area (Å²) in [6, 6.07) is 10.4. The quantitative estimate of drug-likeness (QED) is 0.466. The molecule has 6 heteroatoms. The van der Waals surface area contributed by atoms with E-state index in [9.17, 15) is 4.79 Å². The lowest BCUT2D eigenvalue weighted by Gasteiger charge is -2.31. The van der Waals surface area contributed by atoms with Crippen molar-refractivity contribution in [3.05, 3.63) is 41.5 Å². The van der Waals surface area contributed by atoms with Crippen LogP contribution in [-0.4, -0.2) is 63.7 Å². The van der Waals surface area contributed by atoms with Crippen molar-refractivity contribution in [2.45, 2.75) is 12.8 Å². The zero-order valence-corrected chi connectivity index (χ0v) is 15.1. The fourth-order valence-corrected chi connectivity index (χ4v) is 2.78. The lowest BCUT2D eigenvalue weighted by molar-refractivity contribution is -0.120. The van der Waals surface area contributed by atoms with E-state index in [4.69, 9.17) is 4.74 Å². The Morgan fingerprint density at radius 3 is 2.60 bits per heavy atom. The summed E-state index contributed by atoms with van der Waals surface area (Å²) in [7, 11) is 3.36. The summed E-state index contributed by atoms with van der Waals surface area (Å²) in [5.74, 6) is 0.723. The van der Waals surface area contributed by atoms with E-state index in [-0.39, 0.29) is 12.5 Å². The van der Waals surface area contributed by atoms with E-state index in [1.165, 1.54) is 11.1 Å². The fraction of sp³-hybridized carbons (Fsp3) is 0.474. The Labute approximate surface area is 150 Å². The normalized spacial score (nSPS) is 15.0. The molecule has 1 fully saturated rings. The summed E-state index contributed by atoms with van der Waals surface area (Å²) in [4.78, 5) is 18.3. The Morgan fingerprint density at radius 2 is 1.96 bits per heavy atom. The van der Waals surface area contributed by atoms with Crippen LogP contribution in [0.2, 0.25) is 0 Å². The van der Waals surface area contributed by atoms with Gasteiger partial charge in [-0.2, -0.15) is 0 Å². The number of guanidine groups is 1. The second-order valence-electron chi connectivity index (χ2n) is 5.94. The van der Waals surface area contributed by atoms with Crippen molar-refractivity contribution < 1.29 is 9.53 Å². The largest absolute Gasteiger partial charge is 0.383 e. The van der Waals surface area contributed by atoms with Crippen LogP contribution < -0.4 is 10.6 Å². The number of amides is 1. The first-order valence-corrected chi connectivity index (χ1v) is 8.68. The number of aliphatic imine (C=N–C) groups is 1. The molecule has 1 aliphatic rings. The number of hydrogen-bond donors (Lipinski definition) is 2. The molecule has 2 N–H and O–H groups in total. The molecule has 0 atom stereocenters. The van der Waals surface area contributed by atoms with Gasteiger partial charge in [-0.1, -0.05) is 42.0 Å². The van der Waals surface area contributed by atoms with Gasteiger partial charge in [-0.15, -0.1) is 0 Å². The summed E-state index contributed by atoms with van der Waals surface area (Å²) < 4.78 is 4.91. The van der Waals surface area contributed by atoms with Crippen LogP contribution in [0.15, 0.2) is 40.9 Å². The van der Waals surface area contributed by atoms with Gasteiger partial charge in [-0.05, 0) is 18.4 Å². The molecular formula is C19H28N4O2. The molecule has 1 aromatic carbocycles. The maximum absolute atomic E-state index is 11.8. The molecule has 0 bridgehead atoms. The summed E-state index contributed by atoms with van der Waals surface area (Å²) in [6.07, 6.45) is 4.29. The highest BCUT2D eigenvalue weighted by Crippen LogP contribution is 2.19. The first-order valence-electron chi connectivity index (χ1n) is 8.68. The van der Waals surface area contributed by atoms with Crippen LogP contribution in [0, 0.1) is 0 Å². The third kappa shape index (κ3) is 6.58. The predicted molar refractivity (Wildman–Crippen MR) is 101 cm³/mol. The van der Waals surface area contributed by atoms with Gasteiger partial charge in [0.25, 0.3) is 0 Å². The molecule has 0 aliphatic carbocycles. The Morgan fingerprint density at radius 1 is 1.24 bits per heavy atom. The van der Waals surface area contributed by atoms with E-state index < -0.39 is 0 Å². The smallest absolute Gasteiger partial charge is 0.239 e. The van der Waals surface area contributed by atoms with Gasteiger partial charge in [0.05, 0.1) is 13.2 Å². The van der Waals surface area contributed by atoms with Gasteiger partial charge < -0.3 is 20.3 Å². The minimum absolute atomic E-state index is 0.0557. The standard InChI is InChI=1S/C19H28N4O2/c1-20-19(22-15-18(24)21-10-13-25-2)23-11-8-17(9-12-23)14-16-6-4-3-5-7-16/h3-7,14H,8-13,15H2,1-2H3,(H,20,22)(H,21,24). The van der Waals surface area contributed by atoms with Gasteiger partial charge in [0.15, 0.2) is 5.96 Å². The molecule has 1 saturated heterocycles. The van der Waals surface area contributed by atoms with Crippen molar-refractivity contribution in [1.29, 1.82) is 0 Å². The van der Waals surface area contributed by atoms with Gasteiger partial charge in [0.2, 0.25) is 5.91 Å². The first kappa shape index (κ1) is 19.0. The number of hydrogen-bond acceptors (Lipinski definition) is 3. The Kier molecular flexibility index (Phi) is 7.98. The molecule has 1 aromatic rings. The molecule has 2 rings (SSSR count). The average Bonchev–Trinajstić information content (AvgIpc) is 2.64. The predicted octanol–water partition coefficient (Wildman–Crippen LogP) is 1.50. The number of benzene rings is 1. The van der Waals surface area contributed by atoms with Crippen LogP contribution in [0.1, 0.15) is 18.4 Å². The van der Waals surface area contributed by atoms with Crippen molar-refractivity contribution in [3.8, 4) is 0 Å². The fourth-order valence-electron chi connectivity index (χ4n) is 2.78. The van der Waals surface area contributed by atoms with Crippen molar-refractivity contribution >= 4 is 17.9 Å². The summed E-state index contributed by atoms with van der Waals surface area (Å²) in [5.41, 5.74) is 2.70. The molecule has 0 spiro atoms. The number of rotatable bonds is 6. The second-order valence-corrected chi connectivity index (χ2v) is 5.94. The molecule has 0 radical (unpaired) electrons. The highest BCUT2D eigenvalue weighted by molar-refractivity contribution is 5.86.